The first-order valence-electron chi connectivity index (χ1n) is 7.44. The third kappa shape index (κ3) is 3.36. The van der Waals surface area contributed by atoms with Gasteiger partial charge >= 0.3 is 0 Å². The molecule has 0 atom stereocenters. The second kappa shape index (κ2) is 6.37. The normalized spacial score (nSPS) is 10.8. The number of aromatic nitrogens is 4. The van der Waals surface area contributed by atoms with E-state index in [2.05, 4.69) is 30.8 Å². The highest BCUT2D eigenvalue weighted by Gasteiger charge is 2.08. The fraction of sp³-hybridized carbons (Fsp3) is 0. The van der Waals surface area contributed by atoms with Crippen molar-refractivity contribution >= 4 is 45.8 Å². The van der Waals surface area contributed by atoms with Crippen molar-refractivity contribution in [2.45, 2.75) is 0 Å². The Labute approximate surface area is 147 Å². The Kier molecular flexibility index (Phi) is 3.91. The molecule has 0 fully saturated rings. The number of H-pyrrole nitrogens is 1. The molecule has 0 radical (unpaired) electrons. The molecule has 0 spiro atoms. The van der Waals surface area contributed by atoms with Gasteiger partial charge in [-0.2, -0.15) is 10.1 Å². The summed E-state index contributed by atoms with van der Waals surface area (Å²) in [5, 5.41) is 14.5. The van der Waals surface area contributed by atoms with E-state index in [1.165, 1.54) is 12.1 Å². The number of hydrogen-bond acceptors (Lipinski definition) is 5. The van der Waals surface area contributed by atoms with Crippen molar-refractivity contribution in [2.75, 3.05) is 10.6 Å². The second-order valence-corrected chi connectivity index (χ2v) is 5.72. The summed E-state index contributed by atoms with van der Waals surface area (Å²) in [6.07, 6.45) is 1.61. The largest absolute Gasteiger partial charge is 0.324 e. The van der Waals surface area contributed by atoms with E-state index in [9.17, 15) is 4.39 Å². The fourth-order valence-corrected chi connectivity index (χ4v) is 2.48. The number of benzene rings is 2. The molecule has 0 aliphatic heterocycles. The smallest absolute Gasteiger partial charge is 0.229 e. The molecule has 0 saturated carbocycles. The lowest BCUT2D eigenvalue weighted by molar-refractivity contribution is 0.630. The van der Waals surface area contributed by atoms with Gasteiger partial charge in [-0.25, -0.2) is 9.37 Å². The Morgan fingerprint density at radius 2 is 1.84 bits per heavy atom. The van der Waals surface area contributed by atoms with Gasteiger partial charge in [0, 0.05) is 22.3 Å². The number of nitrogens with zero attached hydrogens (tertiary/aromatic N) is 3. The molecule has 25 heavy (non-hydrogen) atoms. The van der Waals surface area contributed by atoms with Crippen molar-refractivity contribution in [1.29, 1.82) is 0 Å². The molecule has 2 aromatic heterocycles. The van der Waals surface area contributed by atoms with Crippen molar-refractivity contribution in [2.24, 2.45) is 0 Å². The van der Waals surface area contributed by atoms with Gasteiger partial charge in [0.25, 0.3) is 0 Å². The molecule has 4 rings (SSSR count). The van der Waals surface area contributed by atoms with E-state index in [0.29, 0.717) is 28.0 Å². The van der Waals surface area contributed by atoms with Crippen LogP contribution in [0.2, 0.25) is 5.02 Å². The van der Waals surface area contributed by atoms with Crippen molar-refractivity contribution in [3.63, 3.8) is 0 Å². The lowest BCUT2D eigenvalue weighted by Crippen LogP contribution is -2.00. The lowest BCUT2D eigenvalue weighted by atomic mass is 10.2. The Balaban J connectivity index is 1.58. The monoisotopic (exact) mass is 354 g/mol. The Morgan fingerprint density at radius 3 is 2.68 bits per heavy atom. The molecule has 0 saturated heterocycles. The van der Waals surface area contributed by atoms with Gasteiger partial charge in [0.05, 0.1) is 5.52 Å². The van der Waals surface area contributed by atoms with Gasteiger partial charge in [-0.1, -0.05) is 11.6 Å². The summed E-state index contributed by atoms with van der Waals surface area (Å²) in [5.74, 6) is 1.11. The maximum atomic E-state index is 13.5. The second-order valence-electron chi connectivity index (χ2n) is 5.28. The van der Waals surface area contributed by atoms with Gasteiger partial charge in [0.15, 0.2) is 5.82 Å². The van der Waals surface area contributed by atoms with Gasteiger partial charge in [-0.15, -0.1) is 0 Å². The average molecular weight is 355 g/mol. The van der Waals surface area contributed by atoms with Crippen LogP contribution in [0, 0.1) is 5.82 Å². The van der Waals surface area contributed by atoms with Crippen LogP contribution in [-0.4, -0.2) is 20.2 Å². The van der Waals surface area contributed by atoms with E-state index in [-0.39, 0.29) is 5.82 Å². The molecule has 6 nitrogen and oxygen atoms in total. The van der Waals surface area contributed by atoms with Crippen LogP contribution in [0.25, 0.3) is 10.9 Å². The summed E-state index contributed by atoms with van der Waals surface area (Å²) in [4.78, 5) is 8.56. The number of halogens is 2. The number of aromatic amines is 1. The van der Waals surface area contributed by atoms with Crippen LogP contribution in [0.15, 0.2) is 54.7 Å². The molecule has 0 bridgehead atoms. The van der Waals surface area contributed by atoms with Gasteiger partial charge in [0.1, 0.15) is 11.6 Å². The molecule has 0 unspecified atom stereocenters. The summed E-state index contributed by atoms with van der Waals surface area (Å²) in [6.45, 7) is 0. The molecule has 2 heterocycles. The quantitative estimate of drug-likeness (QED) is 0.498. The van der Waals surface area contributed by atoms with E-state index in [1.54, 1.807) is 30.5 Å². The van der Waals surface area contributed by atoms with Crippen LogP contribution in [0.4, 0.5) is 27.7 Å². The minimum atomic E-state index is -0.329. The van der Waals surface area contributed by atoms with Gasteiger partial charge in [-0.3, -0.25) is 5.10 Å². The number of fused-ring (bicyclic) bond motifs is 1. The Bertz CT molecular complexity index is 1030. The standard InChI is InChI=1S/C17H12ClFN6/c18-10-1-4-12(5-2-10)21-17-20-8-7-15(23-17)22-16-13-9-11(19)3-6-14(13)24-25-16/h1-9H,(H3,20,21,22,23,24,25). The van der Waals surface area contributed by atoms with Gasteiger partial charge < -0.3 is 10.6 Å². The zero-order valence-corrected chi connectivity index (χ0v) is 13.5. The molecule has 8 heteroatoms. The zero-order chi connectivity index (χ0) is 17.2. The fourth-order valence-electron chi connectivity index (χ4n) is 2.35. The van der Waals surface area contributed by atoms with Crippen molar-refractivity contribution in [3.05, 3.63) is 65.6 Å². The summed E-state index contributed by atoms with van der Waals surface area (Å²) in [5.41, 5.74) is 1.55. The molecular weight excluding hydrogens is 343 g/mol. The summed E-state index contributed by atoms with van der Waals surface area (Å²) >= 11 is 5.87. The molecular formula is C17H12ClFN6. The Morgan fingerprint density at radius 1 is 1.00 bits per heavy atom. The maximum Gasteiger partial charge on any atom is 0.229 e. The molecule has 0 aliphatic carbocycles. The lowest BCUT2D eigenvalue weighted by Gasteiger charge is -2.07. The number of hydrogen-bond donors (Lipinski definition) is 3. The first kappa shape index (κ1) is 15.3. The van der Waals surface area contributed by atoms with Crippen molar-refractivity contribution in [1.82, 2.24) is 20.2 Å². The number of anilines is 4. The third-order valence-corrected chi connectivity index (χ3v) is 3.78. The first-order chi connectivity index (χ1) is 12.2. The molecule has 4 aromatic rings. The minimum absolute atomic E-state index is 0.329. The average Bonchev–Trinajstić information content (AvgIpc) is 2.99. The zero-order valence-electron chi connectivity index (χ0n) is 12.8. The van der Waals surface area contributed by atoms with Crippen LogP contribution in [0.5, 0.6) is 0 Å². The molecule has 124 valence electrons. The first-order valence-corrected chi connectivity index (χ1v) is 7.81. The number of rotatable bonds is 4. The van der Waals surface area contributed by atoms with Crippen LogP contribution in [-0.2, 0) is 0 Å². The summed E-state index contributed by atoms with van der Waals surface area (Å²) < 4.78 is 13.5. The van der Waals surface area contributed by atoms with E-state index < -0.39 is 0 Å². The van der Waals surface area contributed by atoms with E-state index >= 15 is 0 Å². The molecule has 3 N–H and O–H groups in total. The maximum absolute atomic E-state index is 13.5. The minimum Gasteiger partial charge on any atom is -0.324 e. The summed E-state index contributed by atoms with van der Waals surface area (Å²) in [6, 6.07) is 13.3. The van der Waals surface area contributed by atoms with E-state index in [0.717, 1.165) is 11.2 Å². The SMILES string of the molecule is Fc1ccc2[nH]nc(Nc3ccnc(Nc4ccc(Cl)cc4)n3)c2c1. The van der Waals surface area contributed by atoms with Crippen LogP contribution in [0.1, 0.15) is 0 Å². The Hall–Kier alpha value is -3.19. The van der Waals surface area contributed by atoms with Gasteiger partial charge in [0.2, 0.25) is 5.95 Å². The van der Waals surface area contributed by atoms with Gasteiger partial charge in [-0.05, 0) is 48.5 Å². The highest BCUT2D eigenvalue weighted by Crippen LogP contribution is 2.24. The van der Waals surface area contributed by atoms with Crippen LogP contribution in [0.3, 0.4) is 0 Å². The van der Waals surface area contributed by atoms with Crippen molar-refractivity contribution in [3.8, 4) is 0 Å². The molecule has 2 aromatic carbocycles. The highest BCUT2D eigenvalue weighted by molar-refractivity contribution is 6.30. The van der Waals surface area contributed by atoms with E-state index in [4.69, 9.17) is 11.6 Å². The topological polar surface area (TPSA) is 78.5 Å². The predicted octanol–water partition coefficient (Wildman–Crippen LogP) is 4.63. The van der Waals surface area contributed by atoms with Crippen LogP contribution >= 0.6 is 11.6 Å². The third-order valence-electron chi connectivity index (χ3n) is 3.53. The molecule has 0 amide bonds. The molecule has 0 aliphatic rings. The highest BCUT2D eigenvalue weighted by atomic mass is 35.5. The van der Waals surface area contributed by atoms with Crippen LogP contribution < -0.4 is 10.6 Å². The van der Waals surface area contributed by atoms with Crippen molar-refractivity contribution < 1.29 is 4.39 Å². The number of nitrogens with one attached hydrogen (secondary N) is 3. The summed E-state index contributed by atoms with van der Waals surface area (Å²) in [7, 11) is 0. The van der Waals surface area contributed by atoms with E-state index in [1.807, 2.05) is 12.1 Å². The predicted molar refractivity (Wildman–Crippen MR) is 96.1 cm³/mol.